The molecule has 0 fully saturated rings. The highest BCUT2D eigenvalue weighted by Gasteiger charge is 2.28. The number of ether oxygens (including phenoxy) is 2. The summed E-state index contributed by atoms with van der Waals surface area (Å²) in [6.07, 6.45) is 32.0. The molecule has 0 amide bonds. The molecule has 13 nitrogen and oxygen atoms in total. The monoisotopic (exact) mass is 828 g/mol. The molecule has 3 atom stereocenters. The summed E-state index contributed by atoms with van der Waals surface area (Å²) in [7, 11) is -9.66. The summed E-state index contributed by atoms with van der Waals surface area (Å²) in [4.78, 5) is 52.6. The molecule has 55 heavy (non-hydrogen) atoms. The molecule has 326 valence electrons. The summed E-state index contributed by atoms with van der Waals surface area (Å²) in [5.74, 6) is -1.03. The van der Waals surface area contributed by atoms with Crippen molar-refractivity contribution in [3.05, 3.63) is 12.2 Å². The van der Waals surface area contributed by atoms with Crippen molar-refractivity contribution in [3.63, 3.8) is 0 Å². The Morgan fingerprint density at radius 2 is 0.891 bits per heavy atom. The summed E-state index contributed by atoms with van der Waals surface area (Å²) >= 11 is 0. The third-order valence-corrected chi connectivity index (χ3v) is 10.6. The molecule has 0 bridgehead atoms. The third-order valence-electron chi connectivity index (χ3n) is 9.14. The van der Waals surface area contributed by atoms with Crippen LogP contribution in [0.15, 0.2) is 12.2 Å². The van der Waals surface area contributed by atoms with Crippen LogP contribution in [0, 0.1) is 0 Å². The number of unbranched alkanes of at least 4 members (excludes halogenated alkanes) is 23. The zero-order chi connectivity index (χ0) is 40.9. The van der Waals surface area contributed by atoms with Crippen molar-refractivity contribution in [2.24, 2.45) is 0 Å². The maximum absolute atomic E-state index is 12.6. The van der Waals surface area contributed by atoms with Gasteiger partial charge in [-0.3, -0.25) is 23.2 Å². The normalized spacial score (nSPS) is 14.2. The minimum absolute atomic E-state index is 0.126. The van der Waals surface area contributed by atoms with Crippen molar-refractivity contribution in [2.45, 2.75) is 206 Å². The molecule has 0 aliphatic rings. The van der Waals surface area contributed by atoms with E-state index in [2.05, 4.69) is 35.0 Å². The number of aliphatic hydroxyl groups is 1. The van der Waals surface area contributed by atoms with Crippen molar-refractivity contribution in [2.75, 3.05) is 26.4 Å². The fraction of sp³-hybridized carbons (Fsp3) is 0.900. The number of phosphoric acid groups is 2. The first-order chi connectivity index (χ1) is 26.4. The molecule has 0 aliphatic heterocycles. The molecule has 0 aliphatic carbocycles. The van der Waals surface area contributed by atoms with E-state index in [1.54, 1.807) is 0 Å². The standard InChI is InChI=1S/C40H78O13P2/c1-3-5-7-9-11-13-15-17-18-20-22-24-26-28-30-32-40(43)53-38(36-52-55(47,48)51-34-37(41)33-50-54(44,45)46)35-49-39(42)31-29-27-25-23-21-19-16-14-12-10-8-6-4-2/h17-18,37-38,41H,3-16,19-36H2,1-2H3,(H,47,48)(H2,44,45,46)/b18-17-. The van der Waals surface area contributed by atoms with E-state index in [0.717, 1.165) is 57.8 Å². The van der Waals surface area contributed by atoms with Gasteiger partial charge in [-0.25, -0.2) is 9.13 Å². The Bertz CT molecular complexity index is 1040. The van der Waals surface area contributed by atoms with Crippen LogP contribution in [0.3, 0.4) is 0 Å². The molecule has 0 heterocycles. The number of esters is 2. The number of phosphoric ester groups is 2. The number of aliphatic hydroxyl groups excluding tert-OH is 1. The van der Waals surface area contributed by atoms with E-state index in [4.69, 9.17) is 23.8 Å². The summed E-state index contributed by atoms with van der Waals surface area (Å²) in [5, 5.41) is 9.73. The lowest BCUT2D eigenvalue weighted by Gasteiger charge is -2.20. The van der Waals surface area contributed by atoms with Crippen molar-refractivity contribution in [3.8, 4) is 0 Å². The Kier molecular flexibility index (Phi) is 36.4. The molecule has 4 N–H and O–H groups in total. The third kappa shape index (κ3) is 40.8. The Hall–Kier alpha value is -1.14. The van der Waals surface area contributed by atoms with Crippen LogP contribution < -0.4 is 0 Å². The second kappa shape index (κ2) is 37.2. The molecule has 0 saturated heterocycles. The van der Waals surface area contributed by atoms with Crippen LogP contribution in [0.2, 0.25) is 0 Å². The van der Waals surface area contributed by atoms with E-state index < -0.39 is 59.6 Å². The van der Waals surface area contributed by atoms with E-state index in [-0.39, 0.29) is 19.4 Å². The van der Waals surface area contributed by atoms with E-state index in [1.165, 1.54) is 96.3 Å². The number of rotatable bonds is 41. The quantitative estimate of drug-likeness (QED) is 0.0197. The molecule has 0 aromatic carbocycles. The number of hydrogen-bond donors (Lipinski definition) is 4. The zero-order valence-electron chi connectivity index (χ0n) is 34.3. The molecule has 3 unspecified atom stereocenters. The van der Waals surface area contributed by atoms with E-state index in [1.807, 2.05) is 0 Å². The summed E-state index contributed by atoms with van der Waals surface area (Å²) in [6, 6.07) is 0. The SMILES string of the molecule is CCCCCCCC/C=C\CCCCCCCC(=O)OC(COC(=O)CCCCCCCCCCCCCCC)COP(=O)(O)OCC(O)COP(=O)(O)O. The maximum atomic E-state index is 12.6. The molecular formula is C40H78O13P2. The van der Waals surface area contributed by atoms with Gasteiger partial charge >= 0.3 is 27.6 Å². The van der Waals surface area contributed by atoms with Crippen LogP contribution in [0.4, 0.5) is 0 Å². The smallest absolute Gasteiger partial charge is 0.462 e. The van der Waals surface area contributed by atoms with Gasteiger partial charge in [0.05, 0.1) is 19.8 Å². The van der Waals surface area contributed by atoms with E-state index >= 15 is 0 Å². The molecule has 15 heteroatoms. The number of carbonyl (C=O) groups excluding carboxylic acids is 2. The molecule has 0 rings (SSSR count). The Balaban J connectivity index is 4.52. The van der Waals surface area contributed by atoms with Gasteiger partial charge in [0.25, 0.3) is 0 Å². The van der Waals surface area contributed by atoms with Gasteiger partial charge in [0.2, 0.25) is 0 Å². The van der Waals surface area contributed by atoms with Crippen LogP contribution >= 0.6 is 15.6 Å². The predicted octanol–water partition coefficient (Wildman–Crippen LogP) is 10.6. The molecule has 0 saturated carbocycles. The molecule has 0 radical (unpaired) electrons. The lowest BCUT2D eigenvalue weighted by Crippen LogP contribution is -2.30. The second-order valence-electron chi connectivity index (χ2n) is 14.6. The van der Waals surface area contributed by atoms with Crippen LogP contribution in [-0.4, -0.2) is 70.4 Å². The predicted molar refractivity (Wildman–Crippen MR) is 216 cm³/mol. The number of carbonyl (C=O) groups is 2. The number of allylic oxidation sites excluding steroid dienone is 2. The highest BCUT2D eigenvalue weighted by molar-refractivity contribution is 7.47. The first-order valence-corrected chi connectivity index (χ1v) is 24.4. The lowest BCUT2D eigenvalue weighted by molar-refractivity contribution is -0.161. The van der Waals surface area contributed by atoms with Gasteiger partial charge in [0, 0.05) is 12.8 Å². The van der Waals surface area contributed by atoms with Crippen LogP contribution in [0.25, 0.3) is 0 Å². The topological polar surface area (TPSA) is 195 Å². The summed E-state index contributed by atoms with van der Waals surface area (Å²) in [6.45, 7) is 1.76. The minimum atomic E-state index is -4.86. The molecule has 0 aromatic heterocycles. The molecule has 0 aromatic rings. The van der Waals surface area contributed by atoms with Gasteiger partial charge in [0.15, 0.2) is 6.10 Å². The van der Waals surface area contributed by atoms with Gasteiger partial charge in [-0.2, -0.15) is 0 Å². The van der Waals surface area contributed by atoms with Crippen LogP contribution in [0.5, 0.6) is 0 Å². The molecule has 0 spiro atoms. The lowest BCUT2D eigenvalue weighted by atomic mass is 10.0. The maximum Gasteiger partial charge on any atom is 0.472 e. The Labute approximate surface area is 332 Å². The first-order valence-electron chi connectivity index (χ1n) is 21.4. The van der Waals surface area contributed by atoms with Crippen molar-refractivity contribution < 1.29 is 61.6 Å². The van der Waals surface area contributed by atoms with Gasteiger partial charge in [0.1, 0.15) is 12.7 Å². The zero-order valence-corrected chi connectivity index (χ0v) is 36.1. The van der Waals surface area contributed by atoms with Gasteiger partial charge < -0.3 is 29.3 Å². The van der Waals surface area contributed by atoms with E-state index in [0.29, 0.717) is 12.8 Å². The van der Waals surface area contributed by atoms with Crippen molar-refractivity contribution in [1.82, 2.24) is 0 Å². The van der Waals surface area contributed by atoms with Crippen molar-refractivity contribution >= 4 is 27.6 Å². The summed E-state index contributed by atoms with van der Waals surface area (Å²) in [5.41, 5.74) is 0. The second-order valence-corrected chi connectivity index (χ2v) is 17.3. The van der Waals surface area contributed by atoms with Gasteiger partial charge in [-0.15, -0.1) is 0 Å². The van der Waals surface area contributed by atoms with Crippen LogP contribution in [0.1, 0.15) is 194 Å². The van der Waals surface area contributed by atoms with Crippen molar-refractivity contribution in [1.29, 1.82) is 0 Å². The van der Waals surface area contributed by atoms with E-state index in [9.17, 15) is 28.7 Å². The van der Waals surface area contributed by atoms with Gasteiger partial charge in [-0.1, -0.05) is 154 Å². The minimum Gasteiger partial charge on any atom is -0.462 e. The number of hydrogen-bond acceptors (Lipinski definition) is 10. The van der Waals surface area contributed by atoms with Crippen LogP contribution in [-0.2, 0) is 41.8 Å². The first kappa shape index (κ1) is 53.9. The highest BCUT2D eigenvalue weighted by atomic mass is 31.2. The fourth-order valence-corrected chi connectivity index (χ4v) is 7.03. The average molecular weight is 829 g/mol. The molecular weight excluding hydrogens is 750 g/mol. The Morgan fingerprint density at radius 1 is 0.509 bits per heavy atom. The summed E-state index contributed by atoms with van der Waals surface area (Å²) < 4.78 is 47.7. The average Bonchev–Trinajstić information content (AvgIpc) is 3.14. The largest absolute Gasteiger partial charge is 0.472 e. The Morgan fingerprint density at radius 3 is 1.35 bits per heavy atom. The fourth-order valence-electron chi connectivity index (χ4n) is 5.87. The van der Waals surface area contributed by atoms with Gasteiger partial charge in [-0.05, 0) is 38.5 Å². The highest BCUT2D eigenvalue weighted by Crippen LogP contribution is 2.43.